The van der Waals surface area contributed by atoms with Crippen molar-refractivity contribution in [3.63, 3.8) is 0 Å². The van der Waals surface area contributed by atoms with Crippen LogP contribution < -0.4 is 0 Å². The third-order valence-corrected chi connectivity index (χ3v) is 8.61. The zero-order valence-corrected chi connectivity index (χ0v) is 28.2. The number of benzene rings is 5. The molecular weight excluding hydrogens is 624 g/mol. The lowest BCUT2D eigenvalue weighted by Gasteiger charge is -2.43. The molecule has 0 radical (unpaired) electrons. The Labute approximate surface area is 295 Å². The second-order valence-corrected chi connectivity index (χ2v) is 12.3. The first-order valence-electron chi connectivity index (χ1n) is 17.3. The van der Waals surface area contributed by atoms with Gasteiger partial charge < -0.3 is 23.7 Å². The molecule has 0 N–H and O–H groups in total. The van der Waals surface area contributed by atoms with Crippen molar-refractivity contribution in [3.05, 3.63) is 191 Å². The SMILES string of the molecule is O=C(CC/C=C1/O[C@H](COCc2ccccc2)[C@@H](OCc2ccccc2)[C@H](OCc2ccccc2)[C@H]1OCc1ccccc1)c1ccccc1. The summed E-state index contributed by atoms with van der Waals surface area (Å²) in [7, 11) is 0. The van der Waals surface area contributed by atoms with E-state index in [0.29, 0.717) is 50.6 Å². The normalized spacial score (nSPS) is 19.6. The van der Waals surface area contributed by atoms with E-state index in [1.54, 1.807) is 0 Å². The van der Waals surface area contributed by atoms with Crippen LogP contribution in [0.4, 0.5) is 0 Å². The highest BCUT2D eigenvalue weighted by Gasteiger charge is 2.46. The average Bonchev–Trinajstić information content (AvgIpc) is 3.18. The van der Waals surface area contributed by atoms with E-state index in [4.69, 9.17) is 23.7 Å². The third kappa shape index (κ3) is 10.3. The molecule has 5 aromatic rings. The summed E-state index contributed by atoms with van der Waals surface area (Å²) in [6.45, 7) is 1.77. The zero-order chi connectivity index (χ0) is 34.2. The smallest absolute Gasteiger partial charge is 0.163 e. The first kappa shape index (κ1) is 35.0. The lowest BCUT2D eigenvalue weighted by Crippen LogP contribution is -2.56. The average molecular weight is 669 g/mol. The van der Waals surface area contributed by atoms with Crippen LogP contribution in [-0.4, -0.2) is 36.8 Å². The highest BCUT2D eigenvalue weighted by atomic mass is 16.6. The van der Waals surface area contributed by atoms with Gasteiger partial charge >= 0.3 is 0 Å². The Morgan fingerprint density at radius 1 is 0.540 bits per heavy atom. The molecule has 0 aromatic heterocycles. The summed E-state index contributed by atoms with van der Waals surface area (Å²) in [5, 5.41) is 0. The summed E-state index contributed by atoms with van der Waals surface area (Å²) in [6.07, 6.45) is 0.616. The number of ether oxygens (including phenoxy) is 5. The van der Waals surface area contributed by atoms with Crippen LogP contribution >= 0.6 is 0 Å². The Morgan fingerprint density at radius 2 is 0.980 bits per heavy atom. The van der Waals surface area contributed by atoms with Crippen LogP contribution in [0, 0.1) is 0 Å². The Kier molecular flexibility index (Phi) is 13.1. The maximum Gasteiger partial charge on any atom is 0.163 e. The standard InChI is InChI=1S/C44H44O6/c45-39(38-25-14-5-15-26-38)27-16-28-40-42(47-30-35-19-8-2-9-20-35)44(49-32-37-23-12-4-13-24-37)43(48-31-36-21-10-3-11-22-36)41(50-40)33-46-29-34-17-6-1-7-18-34/h1-15,17-26,28,41-44H,16,27,29-33H2/b40-28+/t41-,42+,43-,44-/m1/s1. The number of carbonyl (C=O) groups excluding carboxylic acids is 1. The molecule has 1 saturated heterocycles. The van der Waals surface area contributed by atoms with Gasteiger partial charge in [-0.2, -0.15) is 0 Å². The maximum absolute atomic E-state index is 13.0. The number of hydrogen-bond acceptors (Lipinski definition) is 6. The minimum Gasteiger partial charge on any atom is -0.487 e. The van der Waals surface area contributed by atoms with Crippen molar-refractivity contribution >= 4 is 5.78 Å². The van der Waals surface area contributed by atoms with E-state index < -0.39 is 24.4 Å². The van der Waals surface area contributed by atoms with Gasteiger partial charge in [-0.1, -0.05) is 152 Å². The van der Waals surface area contributed by atoms with Crippen molar-refractivity contribution in [2.75, 3.05) is 6.61 Å². The third-order valence-electron chi connectivity index (χ3n) is 8.61. The van der Waals surface area contributed by atoms with Crippen LogP contribution in [0.25, 0.3) is 0 Å². The van der Waals surface area contributed by atoms with E-state index in [1.165, 1.54) is 0 Å². The molecule has 0 unspecified atom stereocenters. The Bertz CT molecular complexity index is 1730. The molecule has 6 rings (SSSR count). The minimum atomic E-state index is -0.600. The van der Waals surface area contributed by atoms with Gasteiger partial charge in [-0.3, -0.25) is 4.79 Å². The van der Waals surface area contributed by atoms with Crippen molar-refractivity contribution in [2.24, 2.45) is 0 Å². The van der Waals surface area contributed by atoms with Gasteiger partial charge in [0.15, 0.2) is 11.9 Å². The number of carbonyl (C=O) groups is 1. The Hall–Kier alpha value is -4.85. The molecule has 0 amide bonds. The van der Waals surface area contributed by atoms with E-state index in [0.717, 1.165) is 22.3 Å². The lowest BCUT2D eigenvalue weighted by atomic mass is 9.95. The fourth-order valence-corrected chi connectivity index (χ4v) is 5.98. The highest BCUT2D eigenvalue weighted by Crippen LogP contribution is 2.33. The summed E-state index contributed by atoms with van der Waals surface area (Å²) in [5.41, 5.74) is 4.88. The van der Waals surface area contributed by atoms with Gasteiger partial charge in [0.2, 0.25) is 0 Å². The van der Waals surface area contributed by atoms with Crippen molar-refractivity contribution in [2.45, 2.75) is 63.7 Å². The van der Waals surface area contributed by atoms with E-state index in [-0.39, 0.29) is 12.4 Å². The fourth-order valence-electron chi connectivity index (χ4n) is 5.98. The van der Waals surface area contributed by atoms with E-state index in [1.807, 2.05) is 158 Å². The van der Waals surface area contributed by atoms with Crippen molar-refractivity contribution in [1.82, 2.24) is 0 Å². The minimum absolute atomic E-state index is 0.0729. The molecule has 5 aromatic carbocycles. The topological polar surface area (TPSA) is 63.2 Å². The fraction of sp³-hybridized carbons (Fsp3) is 0.250. The summed E-state index contributed by atoms with van der Waals surface area (Å²) in [4.78, 5) is 13.0. The molecule has 6 nitrogen and oxygen atoms in total. The van der Waals surface area contributed by atoms with Gasteiger partial charge in [0.1, 0.15) is 24.1 Å². The second-order valence-electron chi connectivity index (χ2n) is 12.3. The predicted molar refractivity (Wildman–Crippen MR) is 194 cm³/mol. The molecule has 1 heterocycles. The van der Waals surface area contributed by atoms with Crippen molar-refractivity contribution in [1.29, 1.82) is 0 Å². The van der Waals surface area contributed by atoms with Crippen LogP contribution in [0.1, 0.15) is 45.5 Å². The van der Waals surface area contributed by atoms with Gasteiger partial charge in [-0.05, 0) is 34.8 Å². The number of Topliss-reactive ketones (excluding diaryl/α,β-unsaturated/α-hetero) is 1. The Balaban J connectivity index is 1.30. The molecule has 1 aliphatic heterocycles. The monoisotopic (exact) mass is 668 g/mol. The molecular formula is C44H44O6. The molecule has 0 saturated carbocycles. The molecule has 0 aliphatic carbocycles. The first-order valence-corrected chi connectivity index (χ1v) is 17.3. The number of rotatable bonds is 17. The van der Waals surface area contributed by atoms with Gasteiger partial charge in [-0.15, -0.1) is 0 Å². The lowest BCUT2D eigenvalue weighted by molar-refractivity contribution is -0.223. The number of ketones is 1. The van der Waals surface area contributed by atoms with Crippen LogP contribution in [0.5, 0.6) is 0 Å². The van der Waals surface area contributed by atoms with E-state index >= 15 is 0 Å². The van der Waals surface area contributed by atoms with E-state index in [9.17, 15) is 4.79 Å². The van der Waals surface area contributed by atoms with Crippen LogP contribution in [0.2, 0.25) is 0 Å². The van der Waals surface area contributed by atoms with Gasteiger partial charge in [0.25, 0.3) is 0 Å². The van der Waals surface area contributed by atoms with Crippen LogP contribution in [0.15, 0.2) is 163 Å². The molecule has 4 atom stereocenters. The molecule has 1 aliphatic rings. The highest BCUT2D eigenvalue weighted by molar-refractivity contribution is 5.96. The Morgan fingerprint density at radius 3 is 1.50 bits per heavy atom. The van der Waals surface area contributed by atoms with Crippen LogP contribution in [0.3, 0.4) is 0 Å². The first-order chi connectivity index (χ1) is 24.7. The maximum atomic E-state index is 13.0. The molecule has 0 spiro atoms. The summed E-state index contributed by atoms with van der Waals surface area (Å²) in [6, 6.07) is 49.7. The summed E-state index contributed by atoms with van der Waals surface area (Å²) >= 11 is 0. The number of allylic oxidation sites excluding steroid dienone is 1. The van der Waals surface area contributed by atoms with Crippen LogP contribution in [-0.2, 0) is 50.1 Å². The summed E-state index contributed by atoms with van der Waals surface area (Å²) < 4.78 is 33.3. The van der Waals surface area contributed by atoms with E-state index in [2.05, 4.69) is 0 Å². The molecule has 6 heteroatoms. The van der Waals surface area contributed by atoms with Crippen molar-refractivity contribution in [3.8, 4) is 0 Å². The molecule has 1 fully saturated rings. The number of hydrogen-bond donors (Lipinski definition) is 0. The van der Waals surface area contributed by atoms with Gasteiger partial charge in [0, 0.05) is 12.0 Å². The van der Waals surface area contributed by atoms with Gasteiger partial charge in [0.05, 0.1) is 33.0 Å². The molecule has 0 bridgehead atoms. The second kappa shape index (κ2) is 18.8. The largest absolute Gasteiger partial charge is 0.487 e. The quantitative estimate of drug-likeness (QED) is 0.0923. The predicted octanol–water partition coefficient (Wildman–Crippen LogP) is 8.91. The zero-order valence-electron chi connectivity index (χ0n) is 28.2. The summed E-state index contributed by atoms with van der Waals surface area (Å²) in [5.74, 6) is 0.691. The van der Waals surface area contributed by atoms with Crippen molar-refractivity contribution < 1.29 is 28.5 Å². The molecule has 256 valence electrons. The molecule has 50 heavy (non-hydrogen) atoms. The van der Waals surface area contributed by atoms with Gasteiger partial charge in [-0.25, -0.2) is 0 Å².